The van der Waals surface area contributed by atoms with Gasteiger partial charge < -0.3 is 10.4 Å². The lowest BCUT2D eigenvalue weighted by Gasteiger charge is -2.17. The highest BCUT2D eigenvalue weighted by Crippen LogP contribution is 2.51. The maximum atomic E-state index is 14.8. The van der Waals surface area contributed by atoms with Crippen molar-refractivity contribution in [2.75, 3.05) is 5.32 Å². The molecule has 8 nitrogen and oxygen atoms in total. The number of pyridine rings is 1. The van der Waals surface area contributed by atoms with Crippen molar-refractivity contribution in [3.63, 3.8) is 0 Å². The molecule has 1 fully saturated rings. The smallest absolute Gasteiger partial charge is 0.354 e. The van der Waals surface area contributed by atoms with Gasteiger partial charge in [0.25, 0.3) is 0 Å². The van der Waals surface area contributed by atoms with Crippen molar-refractivity contribution in [1.82, 2.24) is 9.97 Å². The first-order valence-electron chi connectivity index (χ1n) is 9.67. The van der Waals surface area contributed by atoms with Crippen LogP contribution >= 0.6 is 11.3 Å². The number of carbonyl (C=O) groups excluding carboxylic acids is 1. The number of rotatable bonds is 4. The first-order valence-corrected chi connectivity index (χ1v) is 12.1. The third kappa shape index (κ3) is 3.86. The first-order chi connectivity index (χ1) is 13.9. The van der Waals surface area contributed by atoms with E-state index < -0.39 is 27.2 Å². The number of aryl methyl sites for hydroxylation is 1. The van der Waals surface area contributed by atoms with Crippen LogP contribution in [0.1, 0.15) is 60.6 Å². The molecule has 2 aromatic rings. The summed E-state index contributed by atoms with van der Waals surface area (Å²) in [5.41, 5.74) is 0.429. The number of halogens is 1. The molecular formula is C19H24FN5O3S2. The predicted octanol–water partition coefficient (Wildman–Crippen LogP) is 3.45. The number of hydrogen-bond donors (Lipinski definition) is 3. The van der Waals surface area contributed by atoms with Gasteiger partial charge in [-0.2, -0.15) is 0 Å². The lowest BCUT2D eigenvalue weighted by Crippen LogP contribution is -2.19. The minimum absolute atomic E-state index is 0.0906. The Labute approximate surface area is 178 Å². The number of carbonyl (C=O) groups is 1. The van der Waals surface area contributed by atoms with Gasteiger partial charge in [0.1, 0.15) is 14.8 Å². The van der Waals surface area contributed by atoms with Crippen LogP contribution in [0.25, 0.3) is 0 Å². The molecule has 1 saturated carbocycles. The van der Waals surface area contributed by atoms with Gasteiger partial charge in [0, 0.05) is 5.69 Å². The van der Waals surface area contributed by atoms with Gasteiger partial charge >= 0.3 is 6.03 Å². The quantitative estimate of drug-likeness (QED) is 0.653. The van der Waals surface area contributed by atoms with E-state index in [1.165, 1.54) is 6.20 Å². The van der Waals surface area contributed by atoms with E-state index in [0.29, 0.717) is 34.8 Å². The Bertz CT molecular complexity index is 1160. The fraction of sp³-hybridized carbons (Fsp3) is 0.526. The average molecular weight is 454 g/mol. The Morgan fingerprint density at radius 2 is 2.13 bits per heavy atom. The van der Waals surface area contributed by atoms with Crippen LogP contribution in [0.5, 0.6) is 0 Å². The van der Waals surface area contributed by atoms with Gasteiger partial charge in [0.15, 0.2) is 15.6 Å². The molecule has 0 radical (unpaired) electrons. The molecule has 2 amide bonds. The molecule has 2 aromatic heterocycles. The molecule has 1 atom stereocenters. The van der Waals surface area contributed by atoms with Crippen LogP contribution in [0, 0.1) is 6.92 Å². The summed E-state index contributed by atoms with van der Waals surface area (Å²) < 4.78 is 31.4. The predicted molar refractivity (Wildman–Crippen MR) is 112 cm³/mol. The van der Waals surface area contributed by atoms with Gasteiger partial charge in [-0.3, -0.25) is 4.98 Å². The molecule has 2 aliphatic rings. The van der Waals surface area contributed by atoms with Crippen molar-refractivity contribution >= 4 is 33.0 Å². The van der Waals surface area contributed by atoms with Crippen molar-refractivity contribution in [2.24, 2.45) is 9.50 Å². The fourth-order valence-electron chi connectivity index (χ4n) is 3.61. The largest absolute Gasteiger partial charge is 0.383 e. The zero-order valence-corrected chi connectivity index (χ0v) is 18.6. The molecule has 4 N–H and O–H groups in total. The van der Waals surface area contributed by atoms with Crippen molar-refractivity contribution < 1.29 is 18.5 Å². The van der Waals surface area contributed by atoms with Crippen LogP contribution in [0.4, 0.5) is 14.9 Å². The lowest BCUT2D eigenvalue weighted by molar-refractivity contribution is 0.0783. The molecular weight excluding hydrogens is 429 g/mol. The van der Waals surface area contributed by atoms with E-state index in [4.69, 9.17) is 5.14 Å². The summed E-state index contributed by atoms with van der Waals surface area (Å²) in [6.07, 6.45) is 4.42. The number of anilines is 1. The average Bonchev–Trinajstić information content (AvgIpc) is 3.06. The number of amides is 2. The molecule has 162 valence electrons. The minimum Gasteiger partial charge on any atom is -0.383 e. The zero-order chi connectivity index (χ0) is 21.9. The maximum Gasteiger partial charge on any atom is 0.354 e. The van der Waals surface area contributed by atoms with Crippen LogP contribution in [0.2, 0.25) is 0 Å². The fourth-order valence-corrected chi connectivity index (χ4v) is 5.67. The second-order valence-electron chi connectivity index (χ2n) is 8.34. The van der Waals surface area contributed by atoms with Gasteiger partial charge in [0.05, 0.1) is 17.6 Å². The van der Waals surface area contributed by atoms with Crippen molar-refractivity contribution in [3.8, 4) is 0 Å². The number of hydrogen-bond acceptors (Lipinski definition) is 6. The number of nitrogens with zero attached hydrogens (tertiary/aromatic N) is 3. The Balaban J connectivity index is 1.67. The standard InChI is InChI=1S/C19H24FN5O3S2/c1-10-14(11-5-4-6-12(11)23-15(10)19(20)7-8-19)24-17(26)25-30(21,28)13-9-22-16(29-13)18(2,3)27/h9,27H,4-8H2,1-3H3,(H3,21,23,24,25,26,28). The number of fused-ring (bicyclic) bond motifs is 1. The van der Waals surface area contributed by atoms with E-state index in [0.717, 1.165) is 41.9 Å². The van der Waals surface area contributed by atoms with Gasteiger partial charge in [-0.05, 0) is 64.0 Å². The van der Waals surface area contributed by atoms with Gasteiger partial charge in [-0.25, -0.2) is 23.5 Å². The Hall–Kier alpha value is -1.95. The van der Waals surface area contributed by atoms with Gasteiger partial charge in [-0.15, -0.1) is 15.7 Å². The number of nitrogens with one attached hydrogen (secondary N) is 1. The molecule has 11 heteroatoms. The Kier molecular flexibility index (Phi) is 5.00. The number of aromatic nitrogens is 2. The van der Waals surface area contributed by atoms with E-state index in [-0.39, 0.29) is 4.21 Å². The number of aliphatic hydroxyl groups is 1. The SMILES string of the molecule is Cc1c(C2(F)CC2)nc2c(c1NC(=O)N=S(N)(=O)c1cnc(C(C)(C)O)s1)CCC2. The molecule has 1 unspecified atom stereocenters. The summed E-state index contributed by atoms with van der Waals surface area (Å²) in [5, 5.41) is 18.8. The van der Waals surface area contributed by atoms with Crippen LogP contribution in [0.15, 0.2) is 14.8 Å². The van der Waals surface area contributed by atoms with E-state index >= 15 is 0 Å². The van der Waals surface area contributed by atoms with Gasteiger partial charge in [-0.1, -0.05) is 0 Å². The van der Waals surface area contributed by atoms with E-state index in [9.17, 15) is 18.5 Å². The van der Waals surface area contributed by atoms with E-state index in [2.05, 4.69) is 19.6 Å². The number of urea groups is 1. The number of thiazole rings is 1. The Morgan fingerprint density at radius 3 is 2.73 bits per heavy atom. The third-order valence-corrected chi connectivity index (χ3v) is 8.52. The van der Waals surface area contributed by atoms with Crippen LogP contribution in [-0.4, -0.2) is 25.3 Å². The summed E-state index contributed by atoms with van der Waals surface area (Å²) in [6.45, 7) is 4.81. The molecule has 0 aliphatic heterocycles. The molecule has 2 aliphatic carbocycles. The van der Waals surface area contributed by atoms with Crippen LogP contribution in [0.3, 0.4) is 0 Å². The highest BCUT2D eigenvalue weighted by atomic mass is 32.2. The summed E-state index contributed by atoms with van der Waals surface area (Å²) in [7, 11) is -3.55. The van der Waals surface area contributed by atoms with Crippen molar-refractivity contribution in [1.29, 1.82) is 0 Å². The summed E-state index contributed by atoms with van der Waals surface area (Å²) in [6, 6.07) is -0.876. The van der Waals surface area contributed by atoms with E-state index in [1.807, 2.05) is 0 Å². The zero-order valence-electron chi connectivity index (χ0n) is 17.0. The van der Waals surface area contributed by atoms with Crippen LogP contribution < -0.4 is 10.5 Å². The maximum absolute atomic E-state index is 14.8. The molecule has 0 bridgehead atoms. The first kappa shape index (κ1) is 21.3. The third-order valence-electron chi connectivity index (χ3n) is 5.33. The Morgan fingerprint density at radius 1 is 1.43 bits per heavy atom. The molecule has 30 heavy (non-hydrogen) atoms. The minimum atomic E-state index is -3.55. The monoisotopic (exact) mass is 453 g/mol. The molecule has 0 spiro atoms. The summed E-state index contributed by atoms with van der Waals surface area (Å²) >= 11 is 0.937. The highest BCUT2D eigenvalue weighted by molar-refractivity contribution is 7.93. The second kappa shape index (κ2) is 7.04. The molecule has 2 heterocycles. The number of nitrogens with two attached hydrogens (primary N) is 1. The van der Waals surface area contributed by atoms with Crippen LogP contribution in [-0.2, 0) is 34.0 Å². The van der Waals surface area contributed by atoms with Crippen molar-refractivity contribution in [3.05, 3.63) is 33.7 Å². The van der Waals surface area contributed by atoms with Gasteiger partial charge in [0.2, 0.25) is 0 Å². The lowest BCUT2D eigenvalue weighted by atomic mass is 10.0. The van der Waals surface area contributed by atoms with E-state index in [1.54, 1.807) is 20.8 Å². The van der Waals surface area contributed by atoms with Crippen molar-refractivity contribution in [2.45, 2.75) is 68.4 Å². The highest BCUT2D eigenvalue weighted by Gasteiger charge is 2.48. The summed E-state index contributed by atoms with van der Waals surface area (Å²) in [4.78, 5) is 21.2. The second-order valence-corrected chi connectivity index (χ2v) is 11.4. The topological polar surface area (TPSA) is 131 Å². The number of alkyl halides is 1. The summed E-state index contributed by atoms with van der Waals surface area (Å²) in [5.74, 6) is 0. The molecule has 4 rings (SSSR count). The normalized spacial score (nSPS) is 19.1. The molecule has 0 aromatic carbocycles. The molecule has 0 saturated heterocycles.